The van der Waals surface area contributed by atoms with E-state index in [1.165, 1.54) is 26.3 Å². The van der Waals surface area contributed by atoms with Gasteiger partial charge in [0.25, 0.3) is 0 Å². The quantitative estimate of drug-likeness (QED) is 0.612. The first kappa shape index (κ1) is 22.9. The lowest BCUT2D eigenvalue weighted by molar-refractivity contribution is 0.309. The van der Waals surface area contributed by atoms with Crippen LogP contribution >= 0.6 is 12.4 Å². The minimum Gasteiger partial charge on any atom is -0.382 e. The van der Waals surface area contributed by atoms with Gasteiger partial charge in [0.15, 0.2) is 0 Å². The van der Waals surface area contributed by atoms with Crippen molar-refractivity contribution in [2.75, 3.05) is 25.5 Å². The average molecular weight is 456 g/mol. The fourth-order valence-corrected chi connectivity index (χ4v) is 4.87. The molecule has 9 nitrogen and oxygen atoms in total. The van der Waals surface area contributed by atoms with Gasteiger partial charge in [-0.2, -0.15) is 4.80 Å². The lowest BCUT2D eigenvalue weighted by Crippen LogP contribution is -2.30. The van der Waals surface area contributed by atoms with Crippen LogP contribution in [0.1, 0.15) is 51.0 Å². The normalized spacial score (nSPS) is 18.7. The van der Waals surface area contributed by atoms with Crippen molar-refractivity contribution in [3.05, 3.63) is 18.2 Å². The van der Waals surface area contributed by atoms with Gasteiger partial charge in [0, 0.05) is 17.3 Å². The molecule has 0 atom stereocenters. The van der Waals surface area contributed by atoms with Gasteiger partial charge >= 0.3 is 0 Å². The third kappa shape index (κ3) is 5.11. The van der Waals surface area contributed by atoms with Crippen molar-refractivity contribution in [1.82, 2.24) is 30.2 Å². The van der Waals surface area contributed by atoms with Gasteiger partial charge < -0.3 is 10.6 Å². The van der Waals surface area contributed by atoms with Crippen LogP contribution < -0.4 is 15.4 Å². The molecule has 30 heavy (non-hydrogen) atoms. The molecular weight excluding hydrogens is 426 g/mol. The third-order valence-electron chi connectivity index (χ3n) is 5.84. The molecule has 0 bridgehead atoms. The summed E-state index contributed by atoms with van der Waals surface area (Å²) in [5, 5.41) is 20.1. The van der Waals surface area contributed by atoms with E-state index in [2.05, 4.69) is 30.8 Å². The first-order valence-electron chi connectivity index (χ1n) is 10.4. The van der Waals surface area contributed by atoms with E-state index in [9.17, 15) is 8.42 Å². The minimum absolute atomic E-state index is 0. The molecule has 0 radical (unpaired) electrons. The highest BCUT2D eigenvalue weighted by atomic mass is 35.5. The van der Waals surface area contributed by atoms with E-state index >= 15 is 0 Å². The van der Waals surface area contributed by atoms with E-state index in [-0.39, 0.29) is 23.3 Å². The molecule has 1 saturated heterocycles. The molecule has 2 heterocycles. The number of nitrogens with one attached hydrogen (secondary N) is 3. The zero-order valence-electron chi connectivity index (χ0n) is 17.2. The number of aromatic nitrogens is 4. The molecule has 166 valence electrons. The maximum absolute atomic E-state index is 12.3. The number of anilines is 1. The lowest BCUT2D eigenvalue weighted by atomic mass is 9.95. The van der Waals surface area contributed by atoms with E-state index in [1.54, 1.807) is 16.9 Å². The predicted octanol–water partition coefficient (Wildman–Crippen LogP) is 2.34. The molecule has 0 amide bonds. The number of hydrogen-bond acceptors (Lipinski definition) is 7. The number of hydrogen-bond donors (Lipinski definition) is 3. The monoisotopic (exact) mass is 455 g/mol. The van der Waals surface area contributed by atoms with Crippen LogP contribution in [-0.2, 0) is 10.0 Å². The highest BCUT2D eigenvalue weighted by molar-refractivity contribution is 7.89. The van der Waals surface area contributed by atoms with Crippen LogP contribution in [0, 0.1) is 0 Å². The van der Waals surface area contributed by atoms with Crippen LogP contribution in [0.15, 0.2) is 23.1 Å². The second-order valence-corrected chi connectivity index (χ2v) is 9.70. The minimum atomic E-state index is -3.56. The molecule has 1 saturated carbocycles. The number of piperidine rings is 1. The van der Waals surface area contributed by atoms with Crippen molar-refractivity contribution in [1.29, 1.82) is 0 Å². The SMILES string of the molecule is CNS(=O)(=O)c1ccc(NC2CCCCC2)c(-c2nnn(C3CCNCC3)n2)c1.Cl. The Balaban J connectivity index is 0.00000256. The highest BCUT2D eigenvalue weighted by Gasteiger charge is 2.23. The van der Waals surface area contributed by atoms with Crippen molar-refractivity contribution in [3.8, 4) is 11.4 Å². The predicted molar refractivity (Wildman–Crippen MR) is 118 cm³/mol. The third-order valence-corrected chi connectivity index (χ3v) is 7.25. The van der Waals surface area contributed by atoms with Gasteiger partial charge in [-0.05, 0) is 69.2 Å². The smallest absolute Gasteiger partial charge is 0.240 e. The molecule has 0 spiro atoms. The summed E-state index contributed by atoms with van der Waals surface area (Å²) in [4.78, 5) is 1.88. The maximum atomic E-state index is 12.3. The van der Waals surface area contributed by atoms with Gasteiger partial charge in [0.1, 0.15) is 0 Å². The van der Waals surface area contributed by atoms with E-state index in [0.717, 1.165) is 44.5 Å². The number of benzene rings is 1. The van der Waals surface area contributed by atoms with E-state index in [0.29, 0.717) is 17.4 Å². The molecule has 1 aliphatic carbocycles. The number of rotatable bonds is 6. The molecule has 2 aliphatic rings. The van der Waals surface area contributed by atoms with Crippen molar-refractivity contribution in [3.63, 3.8) is 0 Å². The number of sulfonamides is 1. The Morgan fingerprint density at radius 1 is 1.10 bits per heavy atom. The Kier molecular flexibility index (Phi) is 7.67. The van der Waals surface area contributed by atoms with Gasteiger partial charge in [-0.15, -0.1) is 22.6 Å². The molecular formula is C19H30ClN7O2S. The van der Waals surface area contributed by atoms with Crippen LogP contribution in [0.4, 0.5) is 5.69 Å². The molecule has 2 aromatic rings. The van der Waals surface area contributed by atoms with Gasteiger partial charge in [-0.3, -0.25) is 0 Å². The first-order chi connectivity index (χ1) is 14.1. The number of tetrazole rings is 1. The Hall–Kier alpha value is -1.75. The summed E-state index contributed by atoms with van der Waals surface area (Å²) in [5.74, 6) is 0.454. The summed E-state index contributed by atoms with van der Waals surface area (Å²) in [7, 11) is -2.15. The van der Waals surface area contributed by atoms with Gasteiger partial charge in [0.2, 0.25) is 15.8 Å². The Labute approximate surface area is 183 Å². The summed E-state index contributed by atoms with van der Waals surface area (Å²) >= 11 is 0. The van der Waals surface area contributed by atoms with Crippen molar-refractivity contribution < 1.29 is 8.42 Å². The molecule has 2 fully saturated rings. The molecule has 1 aromatic carbocycles. The van der Waals surface area contributed by atoms with Crippen molar-refractivity contribution in [2.45, 2.75) is 61.9 Å². The van der Waals surface area contributed by atoms with Crippen molar-refractivity contribution >= 4 is 28.1 Å². The van der Waals surface area contributed by atoms with Gasteiger partial charge in [-0.25, -0.2) is 13.1 Å². The molecule has 0 unspecified atom stereocenters. The topological polar surface area (TPSA) is 114 Å². The molecule has 1 aromatic heterocycles. The van der Waals surface area contributed by atoms with Gasteiger partial charge in [0.05, 0.1) is 10.9 Å². The average Bonchev–Trinajstić information content (AvgIpc) is 3.25. The summed E-state index contributed by atoms with van der Waals surface area (Å²) in [6, 6.07) is 5.68. The zero-order chi connectivity index (χ0) is 20.3. The van der Waals surface area contributed by atoms with Crippen molar-refractivity contribution in [2.24, 2.45) is 0 Å². The summed E-state index contributed by atoms with van der Waals surface area (Å²) in [6.45, 7) is 1.87. The second-order valence-electron chi connectivity index (χ2n) is 7.81. The Morgan fingerprint density at radius 3 is 2.53 bits per heavy atom. The Morgan fingerprint density at radius 2 is 1.83 bits per heavy atom. The summed E-state index contributed by atoms with van der Waals surface area (Å²) in [6.07, 6.45) is 7.84. The highest BCUT2D eigenvalue weighted by Crippen LogP contribution is 2.31. The van der Waals surface area contributed by atoms with Crippen LogP contribution in [0.2, 0.25) is 0 Å². The van der Waals surface area contributed by atoms with Crippen LogP contribution in [0.25, 0.3) is 11.4 Å². The van der Waals surface area contributed by atoms with E-state index in [4.69, 9.17) is 0 Å². The summed E-state index contributed by atoms with van der Waals surface area (Å²) < 4.78 is 27.1. The lowest BCUT2D eigenvalue weighted by Gasteiger charge is -2.25. The Bertz CT molecular complexity index is 938. The molecule has 11 heteroatoms. The van der Waals surface area contributed by atoms with Crippen LogP contribution in [0.3, 0.4) is 0 Å². The van der Waals surface area contributed by atoms with Crippen LogP contribution in [0.5, 0.6) is 0 Å². The van der Waals surface area contributed by atoms with E-state index in [1.807, 2.05) is 6.07 Å². The molecule has 3 N–H and O–H groups in total. The van der Waals surface area contributed by atoms with E-state index < -0.39 is 10.0 Å². The second kappa shape index (κ2) is 10.0. The summed E-state index contributed by atoms with van der Waals surface area (Å²) in [5.41, 5.74) is 1.53. The molecule has 4 rings (SSSR count). The largest absolute Gasteiger partial charge is 0.382 e. The fraction of sp³-hybridized carbons (Fsp3) is 0.632. The maximum Gasteiger partial charge on any atom is 0.240 e. The standard InChI is InChI=1S/C19H29N7O2S.ClH/c1-20-29(27,28)16-7-8-18(22-14-5-3-2-4-6-14)17(13-16)19-23-25-26(24-19)15-9-11-21-12-10-15;/h7-8,13-15,20-22H,2-6,9-12H2,1H3;1H. The fourth-order valence-electron chi connectivity index (χ4n) is 4.11. The zero-order valence-corrected chi connectivity index (χ0v) is 18.8. The van der Waals surface area contributed by atoms with Gasteiger partial charge in [-0.1, -0.05) is 19.3 Å². The number of halogens is 1. The number of nitrogens with zero attached hydrogens (tertiary/aromatic N) is 4. The molecule has 1 aliphatic heterocycles. The first-order valence-corrected chi connectivity index (χ1v) is 11.9. The van der Waals surface area contributed by atoms with Crippen LogP contribution in [-0.4, -0.2) is 54.8 Å².